The second-order valence-electron chi connectivity index (χ2n) is 2.30. The van der Waals surface area contributed by atoms with Crippen molar-refractivity contribution in [2.75, 3.05) is 0 Å². The molecule has 0 fully saturated rings. The number of para-hydroxylation sites is 1. The molecule has 0 saturated heterocycles. The number of fused-ring (bicyclic) bond motifs is 1. The van der Waals surface area contributed by atoms with E-state index in [1.165, 1.54) is 6.07 Å². The smallest absolute Gasteiger partial charge is 0.148 e. The van der Waals surface area contributed by atoms with Crippen LogP contribution < -0.4 is 0 Å². The molecule has 2 aromatic rings. The highest BCUT2D eigenvalue weighted by molar-refractivity contribution is 9.08. The summed E-state index contributed by atoms with van der Waals surface area (Å²) in [6, 6.07) is 6.87. The van der Waals surface area contributed by atoms with Gasteiger partial charge in [0.25, 0.3) is 0 Å². The van der Waals surface area contributed by atoms with E-state index in [0.29, 0.717) is 5.52 Å². The van der Waals surface area contributed by atoms with Crippen molar-refractivity contribution in [1.29, 1.82) is 0 Å². The number of benzene rings is 1. The van der Waals surface area contributed by atoms with Gasteiger partial charge in [-0.15, -0.1) is 0 Å². The van der Waals surface area contributed by atoms with Crippen molar-refractivity contribution < 1.29 is 4.39 Å². The van der Waals surface area contributed by atoms with Crippen LogP contribution in [-0.2, 0) is 0 Å². The Morgan fingerprint density at radius 1 is 1.27 bits per heavy atom. The maximum absolute atomic E-state index is 13.0. The van der Waals surface area contributed by atoms with Gasteiger partial charge in [0.15, 0.2) is 0 Å². The first kappa shape index (κ1) is 6.85. The predicted molar refractivity (Wildman–Crippen MR) is 46.2 cm³/mol. The number of hydrogen-bond donors (Lipinski definition) is 0. The van der Waals surface area contributed by atoms with Crippen molar-refractivity contribution >= 4 is 27.1 Å². The second-order valence-corrected chi connectivity index (χ2v) is 3.07. The van der Waals surface area contributed by atoms with Crippen molar-refractivity contribution in [1.82, 2.24) is 3.59 Å². The third-order valence-corrected chi connectivity index (χ3v) is 2.21. The van der Waals surface area contributed by atoms with Crippen LogP contribution in [0, 0.1) is 5.82 Å². The molecule has 0 N–H and O–H groups in total. The molecule has 2 rings (SSSR count). The number of aromatic nitrogens is 1. The highest BCUT2D eigenvalue weighted by Crippen LogP contribution is 2.20. The summed E-state index contributed by atoms with van der Waals surface area (Å²) in [6.07, 6.45) is 1.77. The van der Waals surface area contributed by atoms with Crippen LogP contribution in [0.1, 0.15) is 0 Å². The quantitative estimate of drug-likeness (QED) is 0.635. The topological polar surface area (TPSA) is 4.93 Å². The standard InChI is InChI=1S/C8H5BrFN/c9-11-5-4-6-2-1-3-7(10)8(6)11/h1-5H. The average Bonchev–Trinajstić information content (AvgIpc) is 2.34. The van der Waals surface area contributed by atoms with Gasteiger partial charge in [-0.3, -0.25) is 3.59 Å². The Bertz CT molecular complexity index is 394. The first-order valence-electron chi connectivity index (χ1n) is 3.21. The zero-order valence-electron chi connectivity index (χ0n) is 5.59. The highest BCUT2D eigenvalue weighted by atomic mass is 79.9. The molecule has 0 aliphatic carbocycles. The Balaban J connectivity index is 2.96. The molecule has 1 aromatic carbocycles. The van der Waals surface area contributed by atoms with E-state index in [1.54, 1.807) is 15.9 Å². The monoisotopic (exact) mass is 213 g/mol. The van der Waals surface area contributed by atoms with Crippen molar-refractivity contribution in [2.24, 2.45) is 0 Å². The lowest BCUT2D eigenvalue weighted by atomic mass is 10.2. The van der Waals surface area contributed by atoms with Crippen LogP contribution in [-0.4, -0.2) is 3.59 Å². The Hall–Kier alpha value is -0.830. The van der Waals surface area contributed by atoms with Gasteiger partial charge < -0.3 is 0 Å². The van der Waals surface area contributed by atoms with Gasteiger partial charge in [0.05, 0.1) is 21.7 Å². The van der Waals surface area contributed by atoms with Crippen molar-refractivity contribution in [3.05, 3.63) is 36.3 Å². The Kier molecular flexibility index (Phi) is 1.46. The minimum atomic E-state index is -0.204. The van der Waals surface area contributed by atoms with E-state index in [4.69, 9.17) is 0 Å². The molecule has 0 amide bonds. The average molecular weight is 214 g/mol. The molecule has 0 bridgehead atoms. The number of hydrogen-bond acceptors (Lipinski definition) is 0. The maximum atomic E-state index is 13.0. The van der Waals surface area contributed by atoms with E-state index >= 15 is 0 Å². The van der Waals surface area contributed by atoms with E-state index < -0.39 is 0 Å². The zero-order valence-corrected chi connectivity index (χ0v) is 7.18. The summed E-state index contributed by atoms with van der Waals surface area (Å²) in [5.74, 6) is -0.204. The van der Waals surface area contributed by atoms with Crippen molar-refractivity contribution in [3.63, 3.8) is 0 Å². The van der Waals surface area contributed by atoms with Crippen LogP contribution in [0.4, 0.5) is 4.39 Å². The fraction of sp³-hybridized carbons (Fsp3) is 0. The van der Waals surface area contributed by atoms with Crippen LogP contribution in [0.15, 0.2) is 30.5 Å². The molecule has 0 aliphatic heterocycles. The molecular formula is C8H5BrFN. The summed E-state index contributed by atoms with van der Waals surface area (Å²) >= 11 is 3.19. The zero-order chi connectivity index (χ0) is 7.84. The SMILES string of the molecule is Fc1cccc2ccn(Br)c12. The molecule has 11 heavy (non-hydrogen) atoms. The molecule has 0 aliphatic rings. The highest BCUT2D eigenvalue weighted by Gasteiger charge is 2.02. The molecule has 56 valence electrons. The number of halogens is 2. The van der Waals surface area contributed by atoms with Crippen LogP contribution in [0.5, 0.6) is 0 Å². The van der Waals surface area contributed by atoms with Crippen LogP contribution in [0.25, 0.3) is 10.9 Å². The Morgan fingerprint density at radius 3 is 2.82 bits per heavy atom. The Labute approximate surface area is 71.8 Å². The maximum Gasteiger partial charge on any atom is 0.148 e. The normalized spacial score (nSPS) is 10.7. The number of rotatable bonds is 0. The van der Waals surface area contributed by atoms with Gasteiger partial charge in [-0.1, -0.05) is 12.1 Å². The molecule has 0 saturated carbocycles. The van der Waals surface area contributed by atoms with E-state index in [2.05, 4.69) is 16.1 Å². The first-order valence-corrected chi connectivity index (χ1v) is 3.92. The first-order chi connectivity index (χ1) is 5.29. The van der Waals surface area contributed by atoms with Crippen molar-refractivity contribution in [2.45, 2.75) is 0 Å². The van der Waals surface area contributed by atoms with Gasteiger partial charge in [0.2, 0.25) is 0 Å². The van der Waals surface area contributed by atoms with E-state index in [9.17, 15) is 4.39 Å². The lowest BCUT2D eigenvalue weighted by Gasteiger charge is -1.93. The van der Waals surface area contributed by atoms with E-state index in [1.807, 2.05) is 12.1 Å². The number of nitrogens with zero attached hydrogens (tertiary/aromatic N) is 1. The van der Waals surface area contributed by atoms with Gasteiger partial charge in [-0.05, 0) is 12.1 Å². The summed E-state index contributed by atoms with van der Waals surface area (Å²) in [5.41, 5.74) is 0.590. The fourth-order valence-corrected chi connectivity index (χ4v) is 1.60. The van der Waals surface area contributed by atoms with Gasteiger partial charge in [-0.2, -0.15) is 0 Å². The van der Waals surface area contributed by atoms with Crippen molar-refractivity contribution in [3.8, 4) is 0 Å². The summed E-state index contributed by atoms with van der Waals surface area (Å²) < 4.78 is 14.6. The third-order valence-electron chi connectivity index (χ3n) is 1.62. The second kappa shape index (κ2) is 2.34. The third kappa shape index (κ3) is 0.959. The summed E-state index contributed by atoms with van der Waals surface area (Å²) in [6.45, 7) is 0. The lowest BCUT2D eigenvalue weighted by molar-refractivity contribution is 0.636. The largest absolute Gasteiger partial charge is 0.281 e. The van der Waals surface area contributed by atoms with E-state index in [0.717, 1.165) is 5.39 Å². The fourth-order valence-electron chi connectivity index (χ4n) is 1.11. The molecule has 1 heterocycles. The van der Waals surface area contributed by atoms with Crippen LogP contribution >= 0.6 is 16.1 Å². The predicted octanol–water partition coefficient (Wildman–Crippen LogP) is 2.94. The molecule has 1 aromatic heterocycles. The van der Waals surface area contributed by atoms with Gasteiger partial charge in [-0.25, -0.2) is 4.39 Å². The summed E-state index contributed by atoms with van der Waals surface area (Å²) in [4.78, 5) is 0. The molecule has 1 nitrogen and oxygen atoms in total. The minimum Gasteiger partial charge on any atom is -0.281 e. The van der Waals surface area contributed by atoms with Crippen LogP contribution in [0.2, 0.25) is 0 Å². The molecule has 0 radical (unpaired) electrons. The molecule has 0 spiro atoms. The van der Waals surface area contributed by atoms with Gasteiger partial charge in [0, 0.05) is 11.6 Å². The Morgan fingerprint density at radius 2 is 2.09 bits per heavy atom. The molecule has 0 unspecified atom stereocenters. The lowest BCUT2D eigenvalue weighted by Crippen LogP contribution is -1.80. The molecule has 0 atom stereocenters. The van der Waals surface area contributed by atoms with Crippen LogP contribution in [0.3, 0.4) is 0 Å². The summed E-state index contributed by atoms with van der Waals surface area (Å²) in [5, 5.41) is 0.905. The van der Waals surface area contributed by atoms with Gasteiger partial charge in [0.1, 0.15) is 5.82 Å². The van der Waals surface area contributed by atoms with E-state index in [-0.39, 0.29) is 5.82 Å². The van der Waals surface area contributed by atoms with Gasteiger partial charge >= 0.3 is 0 Å². The molecular weight excluding hydrogens is 209 g/mol. The minimum absolute atomic E-state index is 0.204. The molecule has 3 heteroatoms. The summed E-state index contributed by atoms with van der Waals surface area (Å²) in [7, 11) is 0.